The molecule has 0 spiro atoms. The topological polar surface area (TPSA) is 89.0 Å². The highest BCUT2D eigenvalue weighted by Crippen LogP contribution is 2.27. The molecule has 0 unspecified atom stereocenters. The molecule has 2 aromatic rings. The first kappa shape index (κ1) is 18.9. The van der Waals surface area contributed by atoms with Crippen molar-refractivity contribution in [3.63, 3.8) is 0 Å². The van der Waals surface area contributed by atoms with Crippen LogP contribution in [0.15, 0.2) is 36.7 Å². The van der Waals surface area contributed by atoms with Gasteiger partial charge in [-0.05, 0) is 50.4 Å². The molecule has 1 N–H and O–H groups in total. The van der Waals surface area contributed by atoms with Crippen molar-refractivity contribution in [2.24, 2.45) is 0 Å². The second-order valence-corrected chi connectivity index (χ2v) is 7.68. The smallest absolute Gasteiger partial charge is 0.411 e. The van der Waals surface area contributed by atoms with E-state index in [9.17, 15) is 14.7 Å². The predicted octanol–water partition coefficient (Wildman–Crippen LogP) is 3.47. The van der Waals surface area contributed by atoms with Gasteiger partial charge in [0.15, 0.2) is 0 Å². The Morgan fingerprint density at radius 2 is 2.00 bits per heavy atom. The number of carbonyl (C=O) groups is 2. The summed E-state index contributed by atoms with van der Waals surface area (Å²) in [5.41, 5.74) is -0.673. The molecule has 1 aromatic heterocycles. The Hall–Kier alpha value is -2.83. The molecule has 1 saturated heterocycles. The number of pyridine rings is 1. The van der Waals surface area contributed by atoms with Gasteiger partial charge in [0.05, 0.1) is 0 Å². The van der Waals surface area contributed by atoms with Crippen LogP contribution in [0.1, 0.15) is 33.6 Å². The third kappa shape index (κ3) is 4.67. The minimum absolute atomic E-state index is 0.211. The number of likely N-dealkylation sites (tertiary alicyclic amines) is 1. The molecule has 7 nitrogen and oxygen atoms in total. The summed E-state index contributed by atoms with van der Waals surface area (Å²) in [5, 5.41) is 11.6. The van der Waals surface area contributed by atoms with E-state index in [1.54, 1.807) is 33.2 Å². The summed E-state index contributed by atoms with van der Waals surface area (Å²) in [6, 6.07) is 6.60. The number of carbonyl (C=O) groups excluding carboxylic acids is 1. The van der Waals surface area contributed by atoms with Crippen LogP contribution in [0.5, 0.6) is 5.75 Å². The molecule has 144 valence electrons. The van der Waals surface area contributed by atoms with E-state index in [0.717, 1.165) is 10.8 Å². The van der Waals surface area contributed by atoms with E-state index >= 15 is 0 Å². The molecule has 2 heterocycles. The highest BCUT2D eigenvalue weighted by molar-refractivity contribution is 5.83. The fourth-order valence-corrected chi connectivity index (χ4v) is 3.14. The minimum atomic E-state index is -1.06. The number of piperidine rings is 1. The van der Waals surface area contributed by atoms with Crippen LogP contribution in [0, 0.1) is 0 Å². The summed E-state index contributed by atoms with van der Waals surface area (Å²) in [4.78, 5) is 29.4. The number of nitrogens with zero attached hydrogens (tertiary/aromatic N) is 2. The van der Waals surface area contributed by atoms with E-state index in [0.29, 0.717) is 12.2 Å². The van der Waals surface area contributed by atoms with Crippen molar-refractivity contribution >= 4 is 22.8 Å². The third-order valence-electron chi connectivity index (χ3n) is 4.38. The average molecular weight is 372 g/mol. The van der Waals surface area contributed by atoms with Crippen molar-refractivity contribution in [2.75, 3.05) is 6.54 Å². The van der Waals surface area contributed by atoms with Crippen LogP contribution in [0.2, 0.25) is 0 Å². The van der Waals surface area contributed by atoms with Crippen molar-refractivity contribution in [3.8, 4) is 5.75 Å². The van der Waals surface area contributed by atoms with Gasteiger partial charge < -0.3 is 14.6 Å². The van der Waals surface area contributed by atoms with Gasteiger partial charge in [0, 0.05) is 37.2 Å². The van der Waals surface area contributed by atoms with Gasteiger partial charge in [0.1, 0.15) is 23.5 Å². The molecule has 0 radical (unpaired) electrons. The minimum Gasteiger partial charge on any atom is -0.490 e. The lowest BCUT2D eigenvalue weighted by Crippen LogP contribution is -2.53. The molecular weight excluding hydrogens is 348 g/mol. The normalized spacial score (nSPS) is 20.3. The molecule has 0 aliphatic carbocycles. The molecule has 0 saturated carbocycles. The quantitative estimate of drug-likeness (QED) is 0.887. The Morgan fingerprint density at radius 3 is 2.70 bits per heavy atom. The Balaban J connectivity index is 1.70. The fraction of sp³-hybridized carbons (Fsp3) is 0.450. The molecule has 3 rings (SSSR count). The zero-order valence-corrected chi connectivity index (χ0v) is 15.7. The standard InChI is InChI=1S/C20H24N2O5/c1-20(2,3)27-19(25)22-9-7-16(11-17(22)18(23)24)26-15-5-4-14-12-21-8-6-13(14)10-15/h4-6,8,10,12,16-17H,7,9,11H2,1-3H3,(H,23,24)/t16-,17-/m0/s1. The molecule has 1 aliphatic rings. The number of carboxylic acid groups (broad SMARTS) is 1. The highest BCUT2D eigenvalue weighted by Gasteiger charge is 2.39. The molecule has 1 fully saturated rings. The Morgan fingerprint density at radius 1 is 1.22 bits per heavy atom. The van der Waals surface area contributed by atoms with Crippen molar-refractivity contribution in [1.29, 1.82) is 0 Å². The summed E-state index contributed by atoms with van der Waals surface area (Å²) in [5.74, 6) is -0.382. The third-order valence-corrected chi connectivity index (χ3v) is 4.38. The average Bonchev–Trinajstić information content (AvgIpc) is 2.60. The van der Waals surface area contributed by atoms with Crippen molar-refractivity contribution in [2.45, 2.75) is 51.4 Å². The number of carboxylic acids is 1. The van der Waals surface area contributed by atoms with Gasteiger partial charge in [-0.3, -0.25) is 9.88 Å². The Labute approximate surface area is 157 Å². The largest absolute Gasteiger partial charge is 0.490 e. The maximum absolute atomic E-state index is 12.3. The Bertz CT molecular complexity index is 846. The van der Waals surface area contributed by atoms with Crippen LogP contribution in [-0.4, -0.2) is 51.3 Å². The second-order valence-electron chi connectivity index (χ2n) is 7.68. The number of rotatable bonds is 3. The van der Waals surface area contributed by atoms with Crippen molar-refractivity contribution < 1.29 is 24.2 Å². The lowest BCUT2D eigenvalue weighted by molar-refractivity contribution is -0.145. The van der Waals surface area contributed by atoms with Gasteiger partial charge >= 0.3 is 12.1 Å². The van der Waals surface area contributed by atoms with E-state index in [1.165, 1.54) is 4.90 Å². The van der Waals surface area contributed by atoms with Crippen LogP contribution < -0.4 is 4.74 Å². The Kier molecular flexibility index (Phi) is 5.21. The number of aliphatic carboxylic acids is 1. The first-order valence-electron chi connectivity index (χ1n) is 8.96. The van der Waals surface area contributed by atoms with E-state index in [1.807, 2.05) is 24.3 Å². The van der Waals surface area contributed by atoms with Crippen LogP contribution in [0.25, 0.3) is 10.8 Å². The second kappa shape index (κ2) is 7.42. The summed E-state index contributed by atoms with van der Waals surface area (Å²) in [6.07, 6.45) is 3.35. The summed E-state index contributed by atoms with van der Waals surface area (Å²) >= 11 is 0. The van der Waals surface area contributed by atoms with E-state index < -0.39 is 23.7 Å². The molecule has 0 bridgehead atoms. The maximum Gasteiger partial charge on any atom is 0.411 e. The number of hydrogen-bond acceptors (Lipinski definition) is 5. The highest BCUT2D eigenvalue weighted by atomic mass is 16.6. The maximum atomic E-state index is 12.3. The van der Waals surface area contributed by atoms with Gasteiger partial charge in [-0.1, -0.05) is 0 Å². The van der Waals surface area contributed by atoms with Gasteiger partial charge in [-0.15, -0.1) is 0 Å². The molecule has 1 amide bonds. The SMILES string of the molecule is CC(C)(C)OC(=O)N1CC[C@H](Oc2ccc3cnccc3c2)C[C@H]1C(=O)O. The van der Waals surface area contributed by atoms with Gasteiger partial charge in [0.25, 0.3) is 0 Å². The first-order valence-corrected chi connectivity index (χ1v) is 8.96. The number of amides is 1. The van der Waals surface area contributed by atoms with Crippen molar-refractivity contribution in [1.82, 2.24) is 9.88 Å². The summed E-state index contributed by atoms with van der Waals surface area (Å²) < 4.78 is 11.3. The van der Waals surface area contributed by atoms with Gasteiger partial charge in [-0.2, -0.15) is 0 Å². The first-order chi connectivity index (χ1) is 12.7. The van der Waals surface area contributed by atoms with Crippen LogP contribution in [-0.2, 0) is 9.53 Å². The van der Waals surface area contributed by atoms with E-state index in [4.69, 9.17) is 9.47 Å². The van der Waals surface area contributed by atoms with Gasteiger partial charge in [0.2, 0.25) is 0 Å². The van der Waals surface area contributed by atoms with Gasteiger partial charge in [-0.25, -0.2) is 9.59 Å². The number of aromatic nitrogens is 1. The number of benzene rings is 1. The molecule has 27 heavy (non-hydrogen) atoms. The lowest BCUT2D eigenvalue weighted by Gasteiger charge is -2.37. The number of fused-ring (bicyclic) bond motifs is 1. The lowest BCUT2D eigenvalue weighted by atomic mass is 9.99. The number of hydrogen-bond donors (Lipinski definition) is 1. The zero-order valence-electron chi connectivity index (χ0n) is 15.7. The van der Waals surface area contributed by atoms with Crippen LogP contribution in [0.3, 0.4) is 0 Å². The van der Waals surface area contributed by atoms with E-state index in [-0.39, 0.29) is 19.1 Å². The van der Waals surface area contributed by atoms with Crippen LogP contribution in [0.4, 0.5) is 4.79 Å². The monoisotopic (exact) mass is 372 g/mol. The molecule has 1 aliphatic heterocycles. The predicted molar refractivity (Wildman–Crippen MR) is 99.8 cm³/mol. The summed E-state index contributed by atoms with van der Waals surface area (Å²) in [7, 11) is 0. The molecule has 2 atom stereocenters. The number of ether oxygens (including phenoxy) is 2. The summed E-state index contributed by atoms with van der Waals surface area (Å²) in [6.45, 7) is 5.54. The van der Waals surface area contributed by atoms with Crippen LogP contribution >= 0.6 is 0 Å². The van der Waals surface area contributed by atoms with E-state index in [2.05, 4.69) is 4.98 Å². The van der Waals surface area contributed by atoms with Crippen molar-refractivity contribution in [3.05, 3.63) is 36.7 Å². The molecular formula is C20H24N2O5. The zero-order chi connectivity index (χ0) is 19.6. The molecule has 7 heteroatoms. The fourth-order valence-electron chi connectivity index (χ4n) is 3.14. The molecule has 1 aromatic carbocycles.